The van der Waals surface area contributed by atoms with E-state index in [0.29, 0.717) is 12.1 Å². The third kappa shape index (κ3) is 3.86. The van der Waals surface area contributed by atoms with Crippen molar-refractivity contribution >= 4 is 23.4 Å². The van der Waals surface area contributed by atoms with Crippen LogP contribution < -0.4 is 10.6 Å². The summed E-state index contributed by atoms with van der Waals surface area (Å²) in [6.07, 6.45) is 0. The Morgan fingerprint density at radius 3 is 2.50 bits per heavy atom. The van der Waals surface area contributed by atoms with Gasteiger partial charge in [0, 0.05) is 6.07 Å². The summed E-state index contributed by atoms with van der Waals surface area (Å²) in [4.78, 5) is 31.8. The smallest absolute Gasteiger partial charge is 0.325 e. The fourth-order valence-electron chi connectivity index (χ4n) is 1.18. The molecule has 20 heavy (non-hydrogen) atoms. The molecule has 1 aromatic rings. The molecule has 8 nitrogen and oxygen atoms in total. The summed E-state index contributed by atoms with van der Waals surface area (Å²) in [6.45, 7) is -0.486. The van der Waals surface area contributed by atoms with E-state index in [1.165, 1.54) is 0 Å². The van der Waals surface area contributed by atoms with E-state index in [-0.39, 0.29) is 0 Å². The predicted molar refractivity (Wildman–Crippen MR) is 62.0 cm³/mol. The first-order valence-electron chi connectivity index (χ1n) is 5.10. The lowest BCUT2D eigenvalue weighted by Gasteiger charge is -2.07. The normalized spacial score (nSPS) is 9.75. The summed E-state index contributed by atoms with van der Waals surface area (Å²) in [5, 5.41) is 14.6. The first-order chi connectivity index (χ1) is 9.35. The molecule has 0 aliphatic heterocycles. The summed E-state index contributed by atoms with van der Waals surface area (Å²) < 4.78 is 30.1. The monoisotopic (exact) mass is 289 g/mol. The number of halogens is 2. The van der Waals surface area contributed by atoms with Gasteiger partial charge in [0.05, 0.1) is 18.1 Å². The topological polar surface area (TPSA) is 111 Å². The lowest BCUT2D eigenvalue weighted by Crippen LogP contribution is -2.34. The van der Waals surface area contributed by atoms with Crippen molar-refractivity contribution in [3.63, 3.8) is 0 Å². The van der Waals surface area contributed by atoms with Gasteiger partial charge >= 0.3 is 12.0 Å². The number of hydrogen-bond donors (Lipinski definition) is 2. The molecular weight excluding hydrogens is 280 g/mol. The number of esters is 1. The molecule has 0 radical (unpaired) electrons. The largest absolute Gasteiger partial charge is 0.468 e. The van der Waals surface area contributed by atoms with E-state index in [2.05, 4.69) is 4.74 Å². The van der Waals surface area contributed by atoms with Gasteiger partial charge in [-0.3, -0.25) is 14.9 Å². The zero-order valence-electron chi connectivity index (χ0n) is 10.1. The molecule has 0 bridgehead atoms. The van der Waals surface area contributed by atoms with Gasteiger partial charge in [0.25, 0.3) is 5.69 Å². The molecule has 2 N–H and O–H groups in total. The minimum Gasteiger partial charge on any atom is -0.468 e. The Kier molecular flexibility index (Phi) is 4.89. The van der Waals surface area contributed by atoms with Crippen LogP contribution in [0.5, 0.6) is 0 Å². The molecule has 0 aliphatic carbocycles. The molecule has 1 rings (SSSR count). The number of ether oxygens (including phenoxy) is 1. The van der Waals surface area contributed by atoms with Crippen molar-refractivity contribution in [3.05, 3.63) is 33.9 Å². The number of carbonyl (C=O) groups is 2. The van der Waals surface area contributed by atoms with Crippen molar-refractivity contribution in [1.29, 1.82) is 0 Å². The van der Waals surface area contributed by atoms with Crippen molar-refractivity contribution in [2.45, 2.75) is 0 Å². The van der Waals surface area contributed by atoms with Gasteiger partial charge in [0.15, 0.2) is 11.6 Å². The van der Waals surface area contributed by atoms with E-state index in [1.54, 1.807) is 0 Å². The highest BCUT2D eigenvalue weighted by Gasteiger charge is 2.20. The third-order valence-corrected chi connectivity index (χ3v) is 2.10. The zero-order valence-corrected chi connectivity index (χ0v) is 10.1. The molecule has 108 valence electrons. The molecule has 0 saturated heterocycles. The van der Waals surface area contributed by atoms with Crippen LogP contribution in [0, 0.1) is 21.7 Å². The van der Waals surface area contributed by atoms with E-state index < -0.39 is 46.5 Å². The molecule has 2 amide bonds. The standard InChI is InChI=1S/C10H9F2N3O5/c1-20-9(16)4-13-10(17)14-7-2-5(11)6(12)3-8(7)15(18)19/h2-3H,4H2,1H3,(H2,13,14,17). The molecule has 0 fully saturated rings. The van der Waals surface area contributed by atoms with Crippen LogP contribution in [-0.4, -0.2) is 30.6 Å². The van der Waals surface area contributed by atoms with Crippen LogP contribution in [0.25, 0.3) is 0 Å². The summed E-state index contributed by atoms with van der Waals surface area (Å²) in [5.41, 5.74) is -1.37. The Labute approximate surface area is 110 Å². The minimum atomic E-state index is -1.42. The molecule has 0 spiro atoms. The van der Waals surface area contributed by atoms with Crippen LogP contribution in [0.2, 0.25) is 0 Å². The quantitative estimate of drug-likeness (QED) is 0.491. The molecule has 0 atom stereocenters. The van der Waals surface area contributed by atoms with Crippen molar-refractivity contribution in [3.8, 4) is 0 Å². The van der Waals surface area contributed by atoms with Gasteiger partial charge in [0.2, 0.25) is 0 Å². The van der Waals surface area contributed by atoms with Crippen LogP contribution in [0.3, 0.4) is 0 Å². The maximum absolute atomic E-state index is 13.0. The van der Waals surface area contributed by atoms with E-state index in [4.69, 9.17) is 0 Å². The first kappa shape index (κ1) is 15.3. The molecule has 1 aromatic carbocycles. The molecule has 0 saturated carbocycles. The van der Waals surface area contributed by atoms with Crippen molar-refractivity contribution in [1.82, 2.24) is 5.32 Å². The lowest BCUT2D eigenvalue weighted by molar-refractivity contribution is -0.384. The number of nitro groups is 1. The molecule has 0 aromatic heterocycles. The van der Waals surface area contributed by atoms with Crippen LogP contribution in [0.4, 0.5) is 25.0 Å². The molecule has 0 unspecified atom stereocenters. The Balaban J connectivity index is 2.86. The summed E-state index contributed by atoms with van der Waals surface area (Å²) in [5.74, 6) is -3.53. The van der Waals surface area contributed by atoms with E-state index >= 15 is 0 Å². The minimum absolute atomic E-state index is 0.339. The fraction of sp³-hybridized carbons (Fsp3) is 0.200. The molecule has 10 heteroatoms. The van der Waals surface area contributed by atoms with Crippen molar-refractivity contribution < 1.29 is 28.0 Å². The fourth-order valence-corrected chi connectivity index (χ4v) is 1.18. The number of hydrogen-bond acceptors (Lipinski definition) is 5. The number of nitro benzene ring substituents is 1. The van der Waals surface area contributed by atoms with Crippen molar-refractivity contribution in [2.24, 2.45) is 0 Å². The Morgan fingerprint density at radius 2 is 1.95 bits per heavy atom. The second-order valence-electron chi connectivity index (χ2n) is 3.42. The average molecular weight is 289 g/mol. The van der Waals surface area contributed by atoms with Crippen LogP contribution in [0.15, 0.2) is 12.1 Å². The maximum Gasteiger partial charge on any atom is 0.325 e. The molecule has 0 aliphatic rings. The number of carbonyl (C=O) groups excluding carboxylic acids is 2. The van der Waals surface area contributed by atoms with Crippen LogP contribution in [0.1, 0.15) is 0 Å². The van der Waals surface area contributed by atoms with Crippen LogP contribution >= 0.6 is 0 Å². The maximum atomic E-state index is 13.0. The molecular formula is C10H9F2N3O5. The molecule has 0 heterocycles. The first-order valence-corrected chi connectivity index (χ1v) is 5.10. The number of benzene rings is 1. The third-order valence-electron chi connectivity index (χ3n) is 2.10. The number of rotatable bonds is 4. The lowest BCUT2D eigenvalue weighted by atomic mass is 10.2. The number of nitrogens with zero attached hydrogens (tertiary/aromatic N) is 1. The van der Waals surface area contributed by atoms with Gasteiger partial charge in [-0.05, 0) is 0 Å². The van der Waals surface area contributed by atoms with Gasteiger partial charge < -0.3 is 15.4 Å². The van der Waals surface area contributed by atoms with Gasteiger partial charge in [-0.25, -0.2) is 13.6 Å². The summed E-state index contributed by atoms with van der Waals surface area (Å²) >= 11 is 0. The number of amides is 2. The second kappa shape index (κ2) is 6.41. The van der Waals surface area contributed by atoms with Gasteiger partial charge in [-0.2, -0.15) is 0 Å². The zero-order chi connectivity index (χ0) is 15.3. The number of methoxy groups -OCH3 is 1. The second-order valence-corrected chi connectivity index (χ2v) is 3.42. The van der Waals surface area contributed by atoms with Gasteiger partial charge in [-0.1, -0.05) is 0 Å². The average Bonchev–Trinajstić information content (AvgIpc) is 2.39. The Hall–Kier alpha value is -2.78. The van der Waals surface area contributed by atoms with Crippen LogP contribution in [-0.2, 0) is 9.53 Å². The van der Waals surface area contributed by atoms with E-state index in [0.717, 1.165) is 7.11 Å². The predicted octanol–water partition coefficient (Wildman–Crippen LogP) is 1.17. The van der Waals surface area contributed by atoms with E-state index in [1.807, 2.05) is 10.6 Å². The number of anilines is 1. The van der Waals surface area contributed by atoms with Gasteiger partial charge in [-0.15, -0.1) is 0 Å². The summed E-state index contributed by atoms with van der Waals surface area (Å²) in [6, 6.07) is -0.208. The Morgan fingerprint density at radius 1 is 1.35 bits per heavy atom. The van der Waals surface area contributed by atoms with E-state index in [9.17, 15) is 28.5 Å². The summed E-state index contributed by atoms with van der Waals surface area (Å²) in [7, 11) is 1.10. The highest BCUT2D eigenvalue weighted by molar-refractivity contribution is 5.93. The Bertz CT molecular complexity index is 564. The van der Waals surface area contributed by atoms with Crippen molar-refractivity contribution in [2.75, 3.05) is 19.0 Å². The SMILES string of the molecule is COC(=O)CNC(=O)Nc1cc(F)c(F)cc1[N+](=O)[O-]. The number of urea groups is 1. The number of nitrogens with one attached hydrogen (secondary N) is 2. The van der Waals surface area contributed by atoms with Gasteiger partial charge in [0.1, 0.15) is 12.2 Å². The highest BCUT2D eigenvalue weighted by atomic mass is 19.2. The highest BCUT2D eigenvalue weighted by Crippen LogP contribution is 2.26.